The summed E-state index contributed by atoms with van der Waals surface area (Å²) < 4.78 is 5.44. The molecular formula is C14H14O2. The molecule has 16 heavy (non-hydrogen) atoms. The van der Waals surface area contributed by atoms with Gasteiger partial charge in [0, 0.05) is 6.42 Å². The summed E-state index contributed by atoms with van der Waals surface area (Å²) in [6.45, 7) is 2.64. The number of hydrogen-bond donors (Lipinski definition) is 0. The smallest absolute Gasteiger partial charge is 0.124 e. The SMILES string of the molecule is CCOc1ccc2cc(CC=O)ccc2c1. The van der Waals surface area contributed by atoms with Gasteiger partial charge in [0.25, 0.3) is 0 Å². The van der Waals surface area contributed by atoms with Gasteiger partial charge in [-0.25, -0.2) is 0 Å². The summed E-state index contributed by atoms with van der Waals surface area (Å²) in [4.78, 5) is 10.4. The van der Waals surface area contributed by atoms with E-state index in [1.807, 2.05) is 43.3 Å². The molecule has 2 aromatic rings. The van der Waals surface area contributed by atoms with Crippen LogP contribution < -0.4 is 4.74 Å². The molecule has 82 valence electrons. The maximum Gasteiger partial charge on any atom is 0.124 e. The molecule has 0 aliphatic rings. The van der Waals surface area contributed by atoms with E-state index in [1.54, 1.807) is 0 Å². The summed E-state index contributed by atoms with van der Waals surface area (Å²) in [5, 5.41) is 2.28. The van der Waals surface area contributed by atoms with E-state index >= 15 is 0 Å². The first-order chi connectivity index (χ1) is 7.83. The number of aldehydes is 1. The van der Waals surface area contributed by atoms with Gasteiger partial charge in [-0.15, -0.1) is 0 Å². The maximum absolute atomic E-state index is 10.4. The molecule has 2 rings (SSSR count). The maximum atomic E-state index is 10.4. The van der Waals surface area contributed by atoms with Crippen molar-refractivity contribution < 1.29 is 9.53 Å². The molecule has 0 fully saturated rings. The van der Waals surface area contributed by atoms with Crippen LogP contribution in [0.3, 0.4) is 0 Å². The van der Waals surface area contributed by atoms with E-state index in [0.717, 1.165) is 28.4 Å². The number of hydrogen-bond acceptors (Lipinski definition) is 2. The minimum atomic E-state index is 0.475. The Labute approximate surface area is 94.8 Å². The Kier molecular flexibility index (Phi) is 3.20. The average Bonchev–Trinajstić information content (AvgIpc) is 2.30. The summed E-state index contributed by atoms with van der Waals surface area (Å²) in [5.74, 6) is 0.887. The number of carbonyl (C=O) groups is 1. The fourth-order valence-electron chi connectivity index (χ4n) is 1.75. The van der Waals surface area contributed by atoms with Crippen LogP contribution in [0.1, 0.15) is 12.5 Å². The van der Waals surface area contributed by atoms with Crippen LogP contribution in [-0.2, 0) is 11.2 Å². The minimum absolute atomic E-state index is 0.475. The van der Waals surface area contributed by atoms with Gasteiger partial charge in [-0.1, -0.05) is 24.3 Å². The molecule has 2 nitrogen and oxygen atoms in total. The van der Waals surface area contributed by atoms with Crippen LogP contribution in [0.15, 0.2) is 36.4 Å². The first-order valence-corrected chi connectivity index (χ1v) is 5.42. The third-order valence-electron chi connectivity index (χ3n) is 2.51. The predicted molar refractivity (Wildman–Crippen MR) is 64.9 cm³/mol. The Balaban J connectivity index is 2.40. The molecule has 0 saturated carbocycles. The third-order valence-corrected chi connectivity index (χ3v) is 2.51. The number of carbonyl (C=O) groups excluding carboxylic acids is 1. The molecule has 0 atom stereocenters. The second-order valence-electron chi connectivity index (χ2n) is 3.65. The minimum Gasteiger partial charge on any atom is -0.494 e. The van der Waals surface area contributed by atoms with Crippen molar-refractivity contribution in [2.24, 2.45) is 0 Å². The van der Waals surface area contributed by atoms with Gasteiger partial charge in [-0.05, 0) is 35.4 Å². The quantitative estimate of drug-likeness (QED) is 0.731. The highest BCUT2D eigenvalue weighted by Crippen LogP contribution is 2.22. The lowest BCUT2D eigenvalue weighted by atomic mass is 10.1. The molecule has 0 aliphatic heterocycles. The Morgan fingerprint density at radius 3 is 2.62 bits per heavy atom. The van der Waals surface area contributed by atoms with Crippen molar-refractivity contribution >= 4 is 17.1 Å². The summed E-state index contributed by atoms with van der Waals surface area (Å²) in [6, 6.07) is 12.0. The lowest BCUT2D eigenvalue weighted by Gasteiger charge is -2.05. The van der Waals surface area contributed by atoms with Crippen LogP contribution >= 0.6 is 0 Å². The van der Waals surface area contributed by atoms with Crippen LogP contribution in [0.25, 0.3) is 10.8 Å². The van der Waals surface area contributed by atoms with Crippen LogP contribution in [0, 0.1) is 0 Å². The lowest BCUT2D eigenvalue weighted by molar-refractivity contribution is -0.107. The van der Waals surface area contributed by atoms with E-state index < -0.39 is 0 Å². The highest BCUT2D eigenvalue weighted by Gasteiger charge is 1.98. The summed E-state index contributed by atoms with van der Waals surface area (Å²) in [5.41, 5.74) is 1.05. The highest BCUT2D eigenvalue weighted by molar-refractivity contribution is 5.85. The molecule has 0 heterocycles. The zero-order chi connectivity index (χ0) is 11.4. The highest BCUT2D eigenvalue weighted by atomic mass is 16.5. The van der Waals surface area contributed by atoms with Gasteiger partial charge in [-0.2, -0.15) is 0 Å². The van der Waals surface area contributed by atoms with Crippen LogP contribution in [0.5, 0.6) is 5.75 Å². The van der Waals surface area contributed by atoms with E-state index in [0.29, 0.717) is 13.0 Å². The zero-order valence-corrected chi connectivity index (χ0v) is 9.27. The second-order valence-corrected chi connectivity index (χ2v) is 3.65. The fourth-order valence-corrected chi connectivity index (χ4v) is 1.75. The lowest BCUT2D eigenvalue weighted by Crippen LogP contribution is -1.91. The van der Waals surface area contributed by atoms with Crippen molar-refractivity contribution in [1.29, 1.82) is 0 Å². The van der Waals surface area contributed by atoms with Gasteiger partial charge in [0.2, 0.25) is 0 Å². The van der Waals surface area contributed by atoms with Gasteiger partial charge in [0.15, 0.2) is 0 Å². The molecule has 0 amide bonds. The standard InChI is InChI=1S/C14H14O2/c1-2-16-14-6-5-12-9-11(7-8-15)3-4-13(12)10-14/h3-6,8-10H,2,7H2,1H3. The van der Waals surface area contributed by atoms with Gasteiger partial charge >= 0.3 is 0 Å². The van der Waals surface area contributed by atoms with Gasteiger partial charge in [0.1, 0.15) is 12.0 Å². The second kappa shape index (κ2) is 4.79. The topological polar surface area (TPSA) is 26.3 Å². The Morgan fingerprint density at radius 2 is 1.88 bits per heavy atom. The van der Waals surface area contributed by atoms with E-state index in [9.17, 15) is 4.79 Å². The summed E-state index contributed by atoms with van der Waals surface area (Å²) >= 11 is 0. The fraction of sp³-hybridized carbons (Fsp3) is 0.214. The first kappa shape index (κ1) is 10.7. The van der Waals surface area contributed by atoms with Crippen molar-refractivity contribution in [3.63, 3.8) is 0 Å². The molecule has 0 aromatic heterocycles. The van der Waals surface area contributed by atoms with Crippen molar-refractivity contribution in [3.05, 3.63) is 42.0 Å². The number of benzene rings is 2. The van der Waals surface area contributed by atoms with E-state index in [-0.39, 0.29) is 0 Å². The Hall–Kier alpha value is -1.83. The molecule has 0 radical (unpaired) electrons. The molecule has 0 unspecified atom stereocenters. The Bertz CT molecular complexity index is 503. The Morgan fingerprint density at radius 1 is 1.12 bits per heavy atom. The van der Waals surface area contributed by atoms with Crippen LogP contribution in [-0.4, -0.2) is 12.9 Å². The van der Waals surface area contributed by atoms with Crippen molar-refractivity contribution in [2.75, 3.05) is 6.61 Å². The molecular weight excluding hydrogens is 200 g/mol. The third kappa shape index (κ3) is 2.22. The monoisotopic (exact) mass is 214 g/mol. The molecule has 0 saturated heterocycles. The van der Waals surface area contributed by atoms with E-state index in [1.165, 1.54) is 0 Å². The molecule has 0 spiro atoms. The van der Waals surface area contributed by atoms with Crippen molar-refractivity contribution in [2.45, 2.75) is 13.3 Å². The van der Waals surface area contributed by atoms with E-state index in [4.69, 9.17) is 4.74 Å². The van der Waals surface area contributed by atoms with E-state index in [2.05, 4.69) is 0 Å². The molecule has 0 N–H and O–H groups in total. The van der Waals surface area contributed by atoms with Gasteiger partial charge in [-0.3, -0.25) is 0 Å². The van der Waals surface area contributed by atoms with Crippen molar-refractivity contribution in [1.82, 2.24) is 0 Å². The van der Waals surface area contributed by atoms with Crippen LogP contribution in [0.4, 0.5) is 0 Å². The van der Waals surface area contributed by atoms with Gasteiger partial charge < -0.3 is 9.53 Å². The molecule has 0 bridgehead atoms. The van der Waals surface area contributed by atoms with Crippen LogP contribution in [0.2, 0.25) is 0 Å². The molecule has 2 aromatic carbocycles. The zero-order valence-electron chi connectivity index (χ0n) is 9.27. The predicted octanol–water partition coefficient (Wildman–Crippen LogP) is 2.98. The summed E-state index contributed by atoms with van der Waals surface area (Å²) in [7, 11) is 0. The largest absolute Gasteiger partial charge is 0.494 e. The number of rotatable bonds is 4. The normalized spacial score (nSPS) is 10.3. The first-order valence-electron chi connectivity index (χ1n) is 5.42. The van der Waals surface area contributed by atoms with Crippen molar-refractivity contribution in [3.8, 4) is 5.75 Å². The number of fused-ring (bicyclic) bond motifs is 1. The molecule has 2 heteroatoms. The summed E-state index contributed by atoms with van der Waals surface area (Å²) in [6.07, 6.45) is 1.40. The number of ether oxygens (including phenoxy) is 1. The van der Waals surface area contributed by atoms with Gasteiger partial charge in [0.05, 0.1) is 6.61 Å². The average molecular weight is 214 g/mol. The molecule has 0 aliphatic carbocycles.